The van der Waals surface area contributed by atoms with Gasteiger partial charge in [-0.25, -0.2) is 0 Å². The molecule has 2 aromatic heterocycles. The number of hydrogen-bond donors (Lipinski definition) is 1. The van der Waals surface area contributed by atoms with E-state index >= 15 is 0 Å². The Morgan fingerprint density at radius 2 is 1.85 bits per heavy atom. The van der Waals surface area contributed by atoms with Crippen LogP contribution in [0.4, 0.5) is 0 Å². The van der Waals surface area contributed by atoms with Crippen LogP contribution in [0.3, 0.4) is 0 Å². The monoisotopic (exact) mass is 267 g/mol. The summed E-state index contributed by atoms with van der Waals surface area (Å²) in [5, 5.41) is 0.957. The Morgan fingerprint density at radius 3 is 2.50 bits per heavy atom. The van der Waals surface area contributed by atoms with Crippen LogP contribution in [0.5, 0.6) is 0 Å². The lowest BCUT2D eigenvalue weighted by atomic mass is 9.99. The molecule has 0 fully saturated rings. The Balaban J connectivity index is 2.18. The van der Waals surface area contributed by atoms with Crippen molar-refractivity contribution in [1.29, 1.82) is 0 Å². The van der Waals surface area contributed by atoms with Gasteiger partial charge in [0.05, 0.1) is 5.56 Å². The highest BCUT2D eigenvalue weighted by Gasteiger charge is 2.22. The van der Waals surface area contributed by atoms with Crippen molar-refractivity contribution in [1.82, 2.24) is 4.98 Å². The van der Waals surface area contributed by atoms with Gasteiger partial charge in [0.1, 0.15) is 11.5 Å². The van der Waals surface area contributed by atoms with Gasteiger partial charge in [-0.3, -0.25) is 4.79 Å². The first-order chi connectivity index (χ1) is 9.49. The average molecular weight is 267 g/mol. The Bertz CT molecular complexity index is 821. The lowest BCUT2D eigenvalue weighted by Crippen LogP contribution is -2.03. The number of fused-ring (bicyclic) bond motifs is 1. The number of benzene rings is 1. The van der Waals surface area contributed by atoms with E-state index in [0.717, 1.165) is 22.2 Å². The van der Waals surface area contributed by atoms with E-state index < -0.39 is 0 Å². The molecule has 1 N–H and O–H groups in total. The number of rotatable bonds is 2. The van der Waals surface area contributed by atoms with Crippen LogP contribution in [-0.2, 0) is 0 Å². The summed E-state index contributed by atoms with van der Waals surface area (Å²) in [4.78, 5) is 16.0. The van der Waals surface area contributed by atoms with Crippen LogP contribution in [0.1, 0.15) is 38.6 Å². The summed E-state index contributed by atoms with van der Waals surface area (Å²) in [5.41, 5.74) is 4.47. The molecule has 3 aromatic rings. The zero-order chi connectivity index (χ0) is 14.4. The predicted octanol–water partition coefficient (Wildman–Crippen LogP) is 4.23. The number of aryl methyl sites for hydroxylation is 3. The number of carbonyl (C=O) groups excluding carboxylic acids is 1. The van der Waals surface area contributed by atoms with E-state index in [1.807, 2.05) is 45.9 Å². The Labute approximate surface area is 117 Å². The van der Waals surface area contributed by atoms with Crippen molar-refractivity contribution in [2.75, 3.05) is 0 Å². The highest BCUT2D eigenvalue weighted by molar-refractivity contribution is 6.17. The Hall–Kier alpha value is -2.29. The molecule has 0 amide bonds. The third kappa shape index (κ3) is 1.78. The third-order valence-electron chi connectivity index (χ3n) is 3.87. The van der Waals surface area contributed by atoms with E-state index in [0.29, 0.717) is 16.9 Å². The van der Waals surface area contributed by atoms with Crippen molar-refractivity contribution in [2.24, 2.45) is 0 Å². The topological polar surface area (TPSA) is 46.0 Å². The first-order valence-corrected chi connectivity index (χ1v) is 6.68. The molecular weight excluding hydrogens is 250 g/mol. The maximum Gasteiger partial charge on any atom is 0.198 e. The SMILES string of the molecule is Cc1ccc2c(C(=O)c3c(C)oc(C)c3C)c[nH]c2c1. The van der Waals surface area contributed by atoms with Crippen LogP contribution >= 0.6 is 0 Å². The van der Waals surface area contributed by atoms with Crippen molar-refractivity contribution in [3.8, 4) is 0 Å². The third-order valence-corrected chi connectivity index (χ3v) is 3.87. The number of H-pyrrole nitrogens is 1. The van der Waals surface area contributed by atoms with Gasteiger partial charge in [-0.2, -0.15) is 0 Å². The van der Waals surface area contributed by atoms with Crippen LogP contribution in [0.25, 0.3) is 10.9 Å². The molecular formula is C17H17NO2. The van der Waals surface area contributed by atoms with Crippen molar-refractivity contribution >= 4 is 16.7 Å². The van der Waals surface area contributed by atoms with Crippen LogP contribution in [0, 0.1) is 27.7 Å². The van der Waals surface area contributed by atoms with Gasteiger partial charge in [-0.05, 0) is 39.3 Å². The summed E-state index contributed by atoms with van der Waals surface area (Å²) in [7, 11) is 0. The minimum atomic E-state index is 0.0203. The first-order valence-electron chi connectivity index (χ1n) is 6.68. The maximum absolute atomic E-state index is 12.8. The molecule has 0 aliphatic carbocycles. The molecule has 1 aromatic carbocycles. The zero-order valence-corrected chi connectivity index (χ0v) is 12.1. The van der Waals surface area contributed by atoms with Gasteiger partial charge in [-0.15, -0.1) is 0 Å². The molecule has 0 saturated heterocycles. The molecule has 3 heteroatoms. The summed E-state index contributed by atoms with van der Waals surface area (Å²) in [6, 6.07) is 6.06. The molecule has 3 nitrogen and oxygen atoms in total. The van der Waals surface area contributed by atoms with Crippen LogP contribution < -0.4 is 0 Å². The van der Waals surface area contributed by atoms with Crippen LogP contribution in [0.15, 0.2) is 28.8 Å². The second kappa shape index (κ2) is 4.37. The molecule has 3 rings (SSSR count). The van der Waals surface area contributed by atoms with E-state index in [4.69, 9.17) is 4.42 Å². The summed E-state index contributed by atoms with van der Waals surface area (Å²) in [6.07, 6.45) is 1.79. The number of carbonyl (C=O) groups is 1. The van der Waals surface area contributed by atoms with Crippen LogP contribution in [0.2, 0.25) is 0 Å². The van der Waals surface area contributed by atoms with Crippen molar-refractivity contribution in [3.05, 3.63) is 58.2 Å². The number of furan rings is 1. The lowest BCUT2D eigenvalue weighted by molar-refractivity contribution is 0.103. The van der Waals surface area contributed by atoms with Gasteiger partial charge in [0.25, 0.3) is 0 Å². The normalized spacial score (nSPS) is 11.2. The smallest absolute Gasteiger partial charge is 0.198 e. The quantitative estimate of drug-likeness (QED) is 0.706. The summed E-state index contributed by atoms with van der Waals surface area (Å²) in [6.45, 7) is 7.69. The van der Waals surface area contributed by atoms with Gasteiger partial charge in [0, 0.05) is 28.2 Å². The molecule has 0 aliphatic rings. The summed E-state index contributed by atoms with van der Waals surface area (Å²) < 4.78 is 5.56. The molecule has 2 heterocycles. The molecule has 20 heavy (non-hydrogen) atoms. The van der Waals surface area contributed by atoms with Gasteiger partial charge in [0.2, 0.25) is 0 Å². The fraction of sp³-hybridized carbons (Fsp3) is 0.235. The van der Waals surface area contributed by atoms with Gasteiger partial charge in [0.15, 0.2) is 5.78 Å². The average Bonchev–Trinajstić information content (AvgIpc) is 2.91. The van der Waals surface area contributed by atoms with Gasteiger partial charge < -0.3 is 9.40 Å². The van der Waals surface area contributed by atoms with Crippen LogP contribution in [-0.4, -0.2) is 10.8 Å². The largest absolute Gasteiger partial charge is 0.466 e. The highest BCUT2D eigenvalue weighted by atomic mass is 16.3. The molecule has 0 unspecified atom stereocenters. The van der Waals surface area contributed by atoms with E-state index in [1.165, 1.54) is 5.56 Å². The summed E-state index contributed by atoms with van der Waals surface area (Å²) in [5.74, 6) is 1.51. The number of hydrogen-bond acceptors (Lipinski definition) is 2. The number of ketones is 1. The Morgan fingerprint density at radius 1 is 1.10 bits per heavy atom. The van der Waals surface area contributed by atoms with E-state index in [9.17, 15) is 4.79 Å². The molecule has 0 aliphatic heterocycles. The molecule has 0 saturated carbocycles. The first kappa shape index (κ1) is 12.7. The fourth-order valence-corrected chi connectivity index (χ4v) is 2.69. The fourth-order valence-electron chi connectivity index (χ4n) is 2.69. The number of aromatic nitrogens is 1. The van der Waals surface area contributed by atoms with Gasteiger partial charge >= 0.3 is 0 Å². The standard InChI is InChI=1S/C17H17NO2/c1-9-5-6-13-14(8-18-15(13)7-9)17(19)16-10(2)11(3)20-12(16)4/h5-8,18H,1-4H3. The minimum absolute atomic E-state index is 0.0203. The van der Waals surface area contributed by atoms with Crippen molar-refractivity contribution in [2.45, 2.75) is 27.7 Å². The molecule has 0 bridgehead atoms. The van der Waals surface area contributed by atoms with E-state index in [-0.39, 0.29) is 5.78 Å². The molecule has 102 valence electrons. The minimum Gasteiger partial charge on any atom is -0.466 e. The second-order valence-corrected chi connectivity index (χ2v) is 5.29. The lowest BCUT2D eigenvalue weighted by Gasteiger charge is -2.00. The molecule has 0 atom stereocenters. The Kier molecular flexibility index (Phi) is 2.78. The zero-order valence-electron chi connectivity index (χ0n) is 12.1. The van der Waals surface area contributed by atoms with E-state index in [1.54, 1.807) is 6.20 Å². The number of nitrogens with one attached hydrogen (secondary N) is 1. The second-order valence-electron chi connectivity index (χ2n) is 5.29. The molecule has 0 radical (unpaired) electrons. The van der Waals surface area contributed by atoms with E-state index in [2.05, 4.69) is 4.98 Å². The maximum atomic E-state index is 12.8. The molecule has 0 spiro atoms. The number of aromatic amines is 1. The highest BCUT2D eigenvalue weighted by Crippen LogP contribution is 2.27. The van der Waals surface area contributed by atoms with Gasteiger partial charge in [-0.1, -0.05) is 12.1 Å². The summed E-state index contributed by atoms with van der Waals surface area (Å²) >= 11 is 0. The van der Waals surface area contributed by atoms with Crippen molar-refractivity contribution in [3.63, 3.8) is 0 Å². The van der Waals surface area contributed by atoms with Crippen molar-refractivity contribution < 1.29 is 9.21 Å². The predicted molar refractivity (Wildman–Crippen MR) is 79.4 cm³/mol.